The van der Waals surface area contributed by atoms with Crippen molar-refractivity contribution in [3.8, 4) is 0 Å². The standard InChI is InChI=1S/C13H8ClF3N4/c14-11-10-12(19-6-18-11)21(7-20-10)5-8-2-1-3-9(4-8)13(15,16)17/h1-4,6-7H,5H2. The minimum Gasteiger partial charge on any atom is -0.311 e. The van der Waals surface area contributed by atoms with Gasteiger partial charge in [0.25, 0.3) is 0 Å². The fourth-order valence-corrected chi connectivity index (χ4v) is 2.19. The zero-order chi connectivity index (χ0) is 15.0. The molecule has 2 aromatic heterocycles. The van der Waals surface area contributed by atoms with E-state index in [4.69, 9.17) is 11.6 Å². The van der Waals surface area contributed by atoms with Crippen molar-refractivity contribution in [1.29, 1.82) is 0 Å². The Hall–Kier alpha value is -2.15. The van der Waals surface area contributed by atoms with Crippen LogP contribution in [0.25, 0.3) is 11.2 Å². The molecule has 0 N–H and O–H groups in total. The van der Waals surface area contributed by atoms with E-state index >= 15 is 0 Å². The van der Waals surface area contributed by atoms with Crippen molar-refractivity contribution in [1.82, 2.24) is 19.5 Å². The number of nitrogens with zero attached hydrogens (tertiary/aromatic N) is 4. The molecule has 0 fully saturated rings. The van der Waals surface area contributed by atoms with Gasteiger partial charge in [0, 0.05) is 0 Å². The lowest BCUT2D eigenvalue weighted by molar-refractivity contribution is -0.137. The van der Waals surface area contributed by atoms with Gasteiger partial charge >= 0.3 is 6.18 Å². The summed E-state index contributed by atoms with van der Waals surface area (Å²) in [7, 11) is 0. The predicted molar refractivity (Wildman–Crippen MR) is 70.9 cm³/mol. The summed E-state index contributed by atoms with van der Waals surface area (Å²) in [4.78, 5) is 11.9. The Labute approximate surface area is 122 Å². The van der Waals surface area contributed by atoms with Crippen LogP contribution in [0.2, 0.25) is 5.15 Å². The van der Waals surface area contributed by atoms with Gasteiger partial charge in [-0.3, -0.25) is 0 Å². The van der Waals surface area contributed by atoms with E-state index in [0.717, 1.165) is 12.1 Å². The molecule has 3 aromatic rings. The van der Waals surface area contributed by atoms with Gasteiger partial charge in [-0.05, 0) is 17.7 Å². The van der Waals surface area contributed by atoms with Gasteiger partial charge in [-0.1, -0.05) is 23.7 Å². The lowest BCUT2D eigenvalue weighted by atomic mass is 10.1. The first-order chi connectivity index (χ1) is 9.95. The van der Waals surface area contributed by atoms with Crippen molar-refractivity contribution in [3.05, 3.63) is 53.2 Å². The zero-order valence-corrected chi connectivity index (χ0v) is 11.2. The van der Waals surface area contributed by atoms with Crippen molar-refractivity contribution in [2.75, 3.05) is 0 Å². The Kier molecular flexibility index (Phi) is 3.29. The van der Waals surface area contributed by atoms with Crippen molar-refractivity contribution in [2.24, 2.45) is 0 Å². The average Bonchev–Trinajstić information content (AvgIpc) is 2.83. The minimum atomic E-state index is -4.36. The molecule has 0 saturated heterocycles. The van der Waals surface area contributed by atoms with Gasteiger partial charge in [-0.2, -0.15) is 13.2 Å². The largest absolute Gasteiger partial charge is 0.416 e. The molecule has 8 heteroatoms. The summed E-state index contributed by atoms with van der Waals surface area (Å²) in [6, 6.07) is 5.13. The normalized spacial score (nSPS) is 12.0. The van der Waals surface area contributed by atoms with Crippen LogP contribution in [0.4, 0.5) is 13.2 Å². The van der Waals surface area contributed by atoms with E-state index < -0.39 is 11.7 Å². The molecule has 3 rings (SSSR count). The van der Waals surface area contributed by atoms with Crippen LogP contribution in [-0.2, 0) is 12.7 Å². The van der Waals surface area contributed by atoms with Crippen LogP contribution in [-0.4, -0.2) is 19.5 Å². The minimum absolute atomic E-state index is 0.211. The van der Waals surface area contributed by atoms with E-state index in [1.807, 2.05) is 0 Å². The Morgan fingerprint density at radius 2 is 1.95 bits per heavy atom. The van der Waals surface area contributed by atoms with Gasteiger partial charge in [0.05, 0.1) is 18.4 Å². The van der Waals surface area contributed by atoms with E-state index in [-0.39, 0.29) is 11.7 Å². The molecule has 0 saturated carbocycles. The van der Waals surface area contributed by atoms with E-state index in [1.54, 1.807) is 10.6 Å². The maximum atomic E-state index is 12.7. The topological polar surface area (TPSA) is 43.6 Å². The number of alkyl halides is 3. The smallest absolute Gasteiger partial charge is 0.311 e. The molecule has 108 valence electrons. The molecule has 0 atom stereocenters. The number of hydrogen-bond donors (Lipinski definition) is 0. The number of rotatable bonds is 2. The number of hydrogen-bond acceptors (Lipinski definition) is 3. The summed E-state index contributed by atoms with van der Waals surface area (Å²) >= 11 is 5.88. The first-order valence-corrected chi connectivity index (χ1v) is 6.30. The number of halogens is 4. The Morgan fingerprint density at radius 1 is 1.14 bits per heavy atom. The summed E-state index contributed by atoms with van der Waals surface area (Å²) in [5.74, 6) is 0. The van der Waals surface area contributed by atoms with Crippen LogP contribution >= 0.6 is 11.6 Å². The van der Waals surface area contributed by atoms with Crippen molar-refractivity contribution in [2.45, 2.75) is 12.7 Å². The van der Waals surface area contributed by atoms with Crippen LogP contribution in [0.3, 0.4) is 0 Å². The highest BCUT2D eigenvalue weighted by molar-refractivity contribution is 6.33. The molecule has 0 aliphatic rings. The molecule has 0 radical (unpaired) electrons. The van der Waals surface area contributed by atoms with Crippen molar-refractivity contribution >= 4 is 22.8 Å². The summed E-state index contributed by atoms with van der Waals surface area (Å²) in [5, 5.41) is 0.211. The highest BCUT2D eigenvalue weighted by Crippen LogP contribution is 2.29. The molecule has 0 aliphatic heterocycles. The van der Waals surface area contributed by atoms with Crippen molar-refractivity contribution in [3.63, 3.8) is 0 Å². The molecule has 2 heterocycles. The first kappa shape index (κ1) is 13.8. The highest BCUT2D eigenvalue weighted by atomic mass is 35.5. The second-order valence-electron chi connectivity index (χ2n) is 4.41. The molecule has 0 amide bonds. The van der Waals surface area contributed by atoms with Crippen LogP contribution in [0, 0.1) is 0 Å². The Morgan fingerprint density at radius 3 is 2.71 bits per heavy atom. The van der Waals surface area contributed by atoms with Crippen molar-refractivity contribution < 1.29 is 13.2 Å². The summed E-state index contributed by atoms with van der Waals surface area (Å²) in [6.07, 6.45) is -1.60. The van der Waals surface area contributed by atoms with Gasteiger partial charge in [0.15, 0.2) is 10.8 Å². The van der Waals surface area contributed by atoms with E-state index in [0.29, 0.717) is 16.7 Å². The lowest BCUT2D eigenvalue weighted by Crippen LogP contribution is -2.06. The third kappa shape index (κ3) is 2.69. The maximum absolute atomic E-state index is 12.7. The van der Waals surface area contributed by atoms with E-state index in [2.05, 4.69) is 15.0 Å². The number of benzene rings is 1. The fraction of sp³-hybridized carbons (Fsp3) is 0.154. The highest BCUT2D eigenvalue weighted by Gasteiger charge is 2.30. The van der Waals surface area contributed by atoms with Gasteiger partial charge in [-0.15, -0.1) is 0 Å². The second-order valence-corrected chi connectivity index (χ2v) is 4.77. The van der Waals surface area contributed by atoms with Gasteiger partial charge in [0.2, 0.25) is 0 Å². The van der Waals surface area contributed by atoms with E-state index in [9.17, 15) is 13.2 Å². The molecule has 4 nitrogen and oxygen atoms in total. The molecule has 0 bridgehead atoms. The quantitative estimate of drug-likeness (QED) is 0.680. The van der Waals surface area contributed by atoms with Gasteiger partial charge < -0.3 is 4.57 Å². The Bertz CT molecular complexity index is 797. The number of aromatic nitrogens is 4. The van der Waals surface area contributed by atoms with Crippen LogP contribution < -0.4 is 0 Å². The van der Waals surface area contributed by atoms with Gasteiger partial charge in [-0.25, -0.2) is 15.0 Å². The molecular weight excluding hydrogens is 305 g/mol. The van der Waals surface area contributed by atoms with Gasteiger partial charge in [0.1, 0.15) is 11.8 Å². The molecular formula is C13H8ClF3N4. The van der Waals surface area contributed by atoms with Crippen LogP contribution in [0.1, 0.15) is 11.1 Å². The van der Waals surface area contributed by atoms with Crippen LogP contribution in [0.15, 0.2) is 36.9 Å². The Balaban J connectivity index is 1.98. The maximum Gasteiger partial charge on any atom is 0.416 e. The predicted octanol–water partition coefficient (Wildman–Crippen LogP) is 3.55. The number of fused-ring (bicyclic) bond motifs is 1. The average molecular weight is 313 g/mol. The number of imidazole rings is 1. The summed E-state index contributed by atoms with van der Waals surface area (Å²) < 4.78 is 39.7. The zero-order valence-electron chi connectivity index (χ0n) is 10.5. The molecule has 1 aromatic carbocycles. The summed E-state index contributed by atoms with van der Waals surface area (Å²) in [6.45, 7) is 0.216. The monoisotopic (exact) mass is 312 g/mol. The first-order valence-electron chi connectivity index (χ1n) is 5.92. The molecule has 0 spiro atoms. The molecule has 21 heavy (non-hydrogen) atoms. The molecule has 0 aliphatic carbocycles. The fourth-order valence-electron chi connectivity index (χ4n) is 2.01. The lowest BCUT2D eigenvalue weighted by Gasteiger charge is -2.09. The van der Waals surface area contributed by atoms with Crippen LogP contribution in [0.5, 0.6) is 0 Å². The second kappa shape index (κ2) is 5.00. The molecule has 0 unspecified atom stereocenters. The SMILES string of the molecule is FC(F)(F)c1cccc(Cn2cnc3c(Cl)ncnc32)c1. The summed E-state index contributed by atoms with van der Waals surface area (Å²) in [5.41, 5.74) is 0.717. The van der Waals surface area contributed by atoms with E-state index in [1.165, 1.54) is 18.7 Å². The third-order valence-electron chi connectivity index (χ3n) is 2.96. The third-order valence-corrected chi connectivity index (χ3v) is 3.24.